The summed E-state index contributed by atoms with van der Waals surface area (Å²) in [5.74, 6) is -0.225. The Hall–Kier alpha value is -3.50. The molecule has 0 saturated carbocycles. The fraction of sp³-hybridized carbons (Fsp3) is 0.421. The van der Waals surface area contributed by atoms with Crippen LogP contribution in [-0.4, -0.2) is 74.4 Å². The van der Waals surface area contributed by atoms with Crippen LogP contribution in [-0.2, 0) is 7.05 Å². The maximum Gasteiger partial charge on any atom is 0.274 e. The van der Waals surface area contributed by atoms with Gasteiger partial charge >= 0.3 is 0 Å². The van der Waals surface area contributed by atoms with Crippen molar-refractivity contribution in [1.29, 1.82) is 0 Å². The Morgan fingerprint density at radius 3 is 2.80 bits per heavy atom. The third kappa shape index (κ3) is 3.70. The molecule has 2 amide bonds. The normalized spacial score (nSPS) is 13.8. The highest BCUT2D eigenvalue weighted by Gasteiger charge is 2.27. The number of fused-ring (bicyclic) bond motifs is 1. The second kappa shape index (κ2) is 8.09. The Labute approximate surface area is 172 Å². The fourth-order valence-electron chi connectivity index (χ4n) is 3.48. The number of halogens is 1. The Kier molecular flexibility index (Phi) is 5.34. The molecule has 0 aliphatic carbocycles. The molecule has 0 radical (unpaired) electrons. The van der Waals surface area contributed by atoms with Crippen LogP contribution in [0.3, 0.4) is 0 Å². The second-order valence-electron chi connectivity index (χ2n) is 7.22. The smallest absolute Gasteiger partial charge is 0.274 e. The Morgan fingerprint density at radius 2 is 2.07 bits per heavy atom. The van der Waals surface area contributed by atoms with Gasteiger partial charge in [-0.3, -0.25) is 14.3 Å². The van der Waals surface area contributed by atoms with E-state index < -0.39 is 12.6 Å². The maximum atomic E-state index is 12.9. The van der Waals surface area contributed by atoms with Crippen molar-refractivity contribution in [2.75, 3.05) is 43.6 Å². The summed E-state index contributed by atoms with van der Waals surface area (Å²) in [6, 6.07) is 3.34. The fourth-order valence-corrected chi connectivity index (χ4v) is 3.48. The summed E-state index contributed by atoms with van der Waals surface area (Å²) >= 11 is 0. The molecule has 0 unspecified atom stereocenters. The van der Waals surface area contributed by atoms with Gasteiger partial charge in [-0.05, 0) is 18.9 Å². The average molecular weight is 414 g/mol. The summed E-state index contributed by atoms with van der Waals surface area (Å²) in [6.07, 6.45) is 5.03. The first-order chi connectivity index (χ1) is 14.5. The first kappa shape index (κ1) is 19.8. The molecule has 1 N–H and O–H groups in total. The van der Waals surface area contributed by atoms with Gasteiger partial charge in [0.1, 0.15) is 12.4 Å². The molecule has 1 saturated heterocycles. The van der Waals surface area contributed by atoms with Gasteiger partial charge in [0.25, 0.3) is 11.8 Å². The Bertz CT molecular complexity index is 1090. The number of anilines is 2. The highest BCUT2D eigenvalue weighted by Crippen LogP contribution is 2.19. The Balaban J connectivity index is 1.56. The van der Waals surface area contributed by atoms with Crippen molar-refractivity contribution >= 4 is 29.1 Å². The van der Waals surface area contributed by atoms with Gasteiger partial charge < -0.3 is 15.1 Å². The molecule has 3 aromatic rings. The van der Waals surface area contributed by atoms with E-state index in [2.05, 4.69) is 20.5 Å². The van der Waals surface area contributed by atoms with E-state index in [4.69, 9.17) is 0 Å². The molecule has 0 bridgehead atoms. The van der Waals surface area contributed by atoms with Crippen LogP contribution < -0.4 is 10.2 Å². The van der Waals surface area contributed by atoms with Crippen molar-refractivity contribution in [3.05, 3.63) is 35.8 Å². The monoisotopic (exact) mass is 414 g/mol. The quantitative estimate of drug-likeness (QED) is 0.654. The summed E-state index contributed by atoms with van der Waals surface area (Å²) in [6.45, 7) is 1.07. The lowest BCUT2D eigenvalue weighted by atomic mass is 10.2. The molecular weight excluding hydrogens is 391 g/mol. The summed E-state index contributed by atoms with van der Waals surface area (Å²) in [5, 5.41) is 11.2. The number of alkyl halides is 1. The number of hydrogen-bond acceptors (Lipinski definition) is 6. The largest absolute Gasteiger partial charge is 0.340 e. The van der Waals surface area contributed by atoms with E-state index in [9.17, 15) is 14.0 Å². The van der Waals surface area contributed by atoms with Crippen LogP contribution in [0.5, 0.6) is 0 Å². The lowest BCUT2D eigenvalue weighted by molar-refractivity contribution is 0.0787. The number of carbonyl (C=O) groups is 2. The Morgan fingerprint density at radius 1 is 1.30 bits per heavy atom. The SMILES string of the molecule is CN(CCF)c1nc2cc(NC(=O)c3c(C(=O)N4CCCC4)cnn3C)ccn2n1. The number of likely N-dealkylation sites (tertiary alicyclic amines) is 1. The molecule has 0 aromatic carbocycles. The summed E-state index contributed by atoms with van der Waals surface area (Å²) in [5.41, 5.74) is 1.50. The molecule has 0 atom stereocenters. The molecule has 158 valence electrons. The van der Waals surface area contributed by atoms with E-state index in [1.165, 1.54) is 10.9 Å². The molecule has 4 heterocycles. The summed E-state index contributed by atoms with van der Waals surface area (Å²) in [7, 11) is 3.34. The number of pyridine rings is 1. The number of aromatic nitrogens is 5. The zero-order chi connectivity index (χ0) is 21.3. The average Bonchev–Trinajstić information content (AvgIpc) is 3.46. The van der Waals surface area contributed by atoms with Gasteiger partial charge in [-0.1, -0.05) is 0 Å². The van der Waals surface area contributed by atoms with E-state index in [0.29, 0.717) is 30.4 Å². The van der Waals surface area contributed by atoms with Crippen molar-refractivity contribution in [3.63, 3.8) is 0 Å². The first-order valence-electron chi connectivity index (χ1n) is 9.74. The number of rotatable bonds is 6. The van der Waals surface area contributed by atoms with Crippen LogP contribution in [0.2, 0.25) is 0 Å². The van der Waals surface area contributed by atoms with Gasteiger partial charge in [0.05, 0.1) is 11.8 Å². The second-order valence-corrected chi connectivity index (χ2v) is 7.22. The van der Waals surface area contributed by atoms with Gasteiger partial charge in [0, 0.05) is 51.7 Å². The summed E-state index contributed by atoms with van der Waals surface area (Å²) < 4.78 is 15.5. The molecule has 0 spiro atoms. The van der Waals surface area contributed by atoms with Gasteiger partial charge in [-0.15, -0.1) is 5.10 Å². The third-order valence-electron chi connectivity index (χ3n) is 5.12. The molecule has 1 aliphatic rings. The van der Waals surface area contributed by atoms with Gasteiger partial charge in [0.2, 0.25) is 5.95 Å². The first-order valence-corrected chi connectivity index (χ1v) is 9.74. The number of nitrogens with one attached hydrogen (secondary N) is 1. The van der Waals surface area contributed by atoms with E-state index in [0.717, 1.165) is 12.8 Å². The summed E-state index contributed by atoms with van der Waals surface area (Å²) in [4.78, 5) is 33.4. The van der Waals surface area contributed by atoms with Crippen LogP contribution in [0.1, 0.15) is 33.7 Å². The molecule has 4 rings (SSSR count). The minimum Gasteiger partial charge on any atom is -0.340 e. The van der Waals surface area contributed by atoms with Crippen LogP contribution in [0.25, 0.3) is 5.65 Å². The van der Waals surface area contributed by atoms with Crippen LogP contribution in [0.15, 0.2) is 24.5 Å². The predicted octanol–water partition coefficient (Wildman–Crippen LogP) is 1.36. The van der Waals surface area contributed by atoms with Crippen molar-refractivity contribution in [2.45, 2.75) is 12.8 Å². The lowest BCUT2D eigenvalue weighted by Crippen LogP contribution is -2.30. The van der Waals surface area contributed by atoms with Crippen LogP contribution >= 0.6 is 0 Å². The molecule has 1 fully saturated rings. The number of hydrogen-bond donors (Lipinski definition) is 1. The molecule has 10 nitrogen and oxygen atoms in total. The van der Waals surface area contributed by atoms with E-state index >= 15 is 0 Å². The maximum absolute atomic E-state index is 12.9. The van der Waals surface area contributed by atoms with Crippen LogP contribution in [0.4, 0.5) is 16.0 Å². The van der Waals surface area contributed by atoms with E-state index in [-0.39, 0.29) is 23.7 Å². The van der Waals surface area contributed by atoms with Crippen LogP contribution in [0, 0.1) is 0 Å². The minimum atomic E-state index is -0.503. The zero-order valence-electron chi connectivity index (χ0n) is 16.9. The molecular formula is C19H23FN8O2. The number of carbonyl (C=O) groups excluding carboxylic acids is 2. The van der Waals surface area contributed by atoms with E-state index in [1.54, 1.807) is 46.7 Å². The molecule has 3 aromatic heterocycles. The van der Waals surface area contributed by atoms with Crippen molar-refractivity contribution < 1.29 is 14.0 Å². The van der Waals surface area contributed by atoms with Gasteiger partial charge in [-0.2, -0.15) is 10.1 Å². The van der Waals surface area contributed by atoms with Gasteiger partial charge in [-0.25, -0.2) is 8.91 Å². The van der Waals surface area contributed by atoms with Crippen molar-refractivity contribution in [3.8, 4) is 0 Å². The third-order valence-corrected chi connectivity index (χ3v) is 5.12. The number of aryl methyl sites for hydroxylation is 1. The van der Waals surface area contributed by atoms with Gasteiger partial charge in [0.15, 0.2) is 5.65 Å². The van der Waals surface area contributed by atoms with E-state index in [1.807, 2.05) is 0 Å². The highest BCUT2D eigenvalue weighted by atomic mass is 19.1. The topological polar surface area (TPSA) is 101 Å². The van der Waals surface area contributed by atoms with Crippen molar-refractivity contribution in [2.24, 2.45) is 7.05 Å². The zero-order valence-corrected chi connectivity index (χ0v) is 16.9. The highest BCUT2D eigenvalue weighted by molar-refractivity contribution is 6.11. The number of nitrogens with zero attached hydrogens (tertiary/aromatic N) is 7. The molecule has 30 heavy (non-hydrogen) atoms. The number of amides is 2. The lowest BCUT2D eigenvalue weighted by Gasteiger charge is -2.15. The molecule has 11 heteroatoms. The molecule has 1 aliphatic heterocycles. The standard InChI is InChI=1S/C19H23FN8O2/c1-25(10-6-20)19-23-15-11-13(5-9-28(15)24-19)22-17(29)16-14(12-21-26(16)2)18(30)27-7-3-4-8-27/h5,9,11-12H,3-4,6-8,10H2,1-2H3,(H,22,29). The predicted molar refractivity (Wildman–Crippen MR) is 109 cm³/mol. The minimum absolute atomic E-state index is 0.181. The van der Waals surface area contributed by atoms with Crippen molar-refractivity contribution in [1.82, 2.24) is 29.3 Å².